The molecule has 1 aliphatic heterocycles. The number of hydrogen-bond acceptors (Lipinski definition) is 3. The molecule has 0 aromatic heterocycles. The number of carbonyl (C=O) groups is 1. The van der Waals surface area contributed by atoms with Crippen molar-refractivity contribution in [1.82, 2.24) is 4.90 Å². The van der Waals surface area contributed by atoms with E-state index in [-0.39, 0.29) is 5.91 Å². The first-order chi connectivity index (χ1) is 13.0. The van der Waals surface area contributed by atoms with Crippen LogP contribution in [0.2, 0.25) is 10.0 Å². The summed E-state index contributed by atoms with van der Waals surface area (Å²) >= 11 is 12.0. The van der Waals surface area contributed by atoms with Crippen LogP contribution in [0.25, 0.3) is 0 Å². The molecule has 0 radical (unpaired) electrons. The first-order valence-corrected chi connectivity index (χ1v) is 9.90. The third kappa shape index (κ3) is 4.69. The van der Waals surface area contributed by atoms with Gasteiger partial charge in [-0.2, -0.15) is 0 Å². The lowest BCUT2D eigenvalue weighted by Gasteiger charge is -2.30. The normalized spacial score (nSPS) is 13.3. The highest BCUT2D eigenvalue weighted by Crippen LogP contribution is 2.34. The molecule has 0 spiro atoms. The van der Waals surface area contributed by atoms with Gasteiger partial charge in [0.1, 0.15) is 0 Å². The molecule has 2 aromatic rings. The van der Waals surface area contributed by atoms with Gasteiger partial charge in [0.05, 0.1) is 29.7 Å². The molecule has 144 valence electrons. The second kappa shape index (κ2) is 8.85. The van der Waals surface area contributed by atoms with Gasteiger partial charge in [0.15, 0.2) is 11.5 Å². The lowest BCUT2D eigenvalue weighted by molar-refractivity contribution is -0.131. The number of hydrogen-bond donors (Lipinski definition) is 0. The molecule has 0 unspecified atom stereocenters. The number of carbonyl (C=O) groups excluding carboxylic acids is 1. The first-order valence-electron chi connectivity index (χ1n) is 9.14. The first kappa shape index (κ1) is 19.8. The number of fused-ring (bicyclic) bond motifs is 1. The molecule has 0 atom stereocenters. The van der Waals surface area contributed by atoms with Gasteiger partial charge < -0.3 is 14.4 Å². The van der Waals surface area contributed by atoms with Crippen LogP contribution in [0.3, 0.4) is 0 Å². The Morgan fingerprint density at radius 3 is 2.30 bits per heavy atom. The summed E-state index contributed by atoms with van der Waals surface area (Å²) in [5, 5.41) is 0.962. The van der Waals surface area contributed by atoms with E-state index in [9.17, 15) is 4.79 Å². The average Bonchev–Trinajstić information content (AvgIpc) is 2.65. The van der Waals surface area contributed by atoms with Crippen molar-refractivity contribution in [2.24, 2.45) is 0 Å². The molecule has 1 aliphatic rings. The van der Waals surface area contributed by atoms with Gasteiger partial charge in [0, 0.05) is 13.1 Å². The van der Waals surface area contributed by atoms with Crippen LogP contribution in [-0.4, -0.2) is 30.6 Å². The minimum Gasteiger partial charge on any atom is -0.490 e. The summed E-state index contributed by atoms with van der Waals surface area (Å²) in [6.45, 7) is 6.32. The molecule has 3 rings (SSSR count). The number of ether oxygens (including phenoxy) is 2. The van der Waals surface area contributed by atoms with E-state index in [4.69, 9.17) is 32.7 Å². The Labute approximate surface area is 170 Å². The molecule has 0 aliphatic carbocycles. The van der Waals surface area contributed by atoms with Gasteiger partial charge in [0.2, 0.25) is 5.91 Å². The van der Waals surface area contributed by atoms with E-state index < -0.39 is 0 Å². The highest BCUT2D eigenvalue weighted by atomic mass is 35.5. The fourth-order valence-corrected chi connectivity index (χ4v) is 3.57. The number of benzene rings is 2. The average molecular weight is 408 g/mol. The molecule has 1 amide bonds. The van der Waals surface area contributed by atoms with E-state index in [1.54, 1.807) is 12.1 Å². The van der Waals surface area contributed by atoms with Crippen molar-refractivity contribution in [2.45, 2.75) is 33.2 Å². The fourth-order valence-electron chi connectivity index (χ4n) is 3.25. The van der Waals surface area contributed by atoms with Crippen molar-refractivity contribution in [3.05, 3.63) is 57.1 Å². The Kier molecular flexibility index (Phi) is 6.51. The Morgan fingerprint density at radius 1 is 1.00 bits per heavy atom. The van der Waals surface area contributed by atoms with Crippen LogP contribution in [-0.2, 0) is 24.2 Å². The Hall–Kier alpha value is -1.91. The predicted molar refractivity (Wildman–Crippen MR) is 108 cm³/mol. The van der Waals surface area contributed by atoms with Crippen LogP contribution in [0.15, 0.2) is 30.3 Å². The molecule has 0 saturated carbocycles. The van der Waals surface area contributed by atoms with E-state index in [0.717, 1.165) is 29.0 Å². The molecule has 2 aromatic carbocycles. The van der Waals surface area contributed by atoms with Crippen molar-refractivity contribution < 1.29 is 14.3 Å². The van der Waals surface area contributed by atoms with Crippen molar-refractivity contribution in [1.29, 1.82) is 0 Å². The maximum atomic E-state index is 12.7. The highest BCUT2D eigenvalue weighted by Gasteiger charge is 2.23. The van der Waals surface area contributed by atoms with Gasteiger partial charge in [-0.05, 0) is 61.2 Å². The molecular formula is C21H23Cl2NO3. The fraction of sp³-hybridized carbons (Fsp3) is 0.381. The van der Waals surface area contributed by atoms with Crippen molar-refractivity contribution in [3.63, 3.8) is 0 Å². The third-order valence-corrected chi connectivity index (χ3v) is 5.31. The summed E-state index contributed by atoms with van der Waals surface area (Å²) in [5.41, 5.74) is 3.18. The topological polar surface area (TPSA) is 38.8 Å². The van der Waals surface area contributed by atoms with Crippen LogP contribution < -0.4 is 9.47 Å². The zero-order valence-electron chi connectivity index (χ0n) is 15.6. The second-order valence-corrected chi connectivity index (χ2v) is 7.24. The van der Waals surface area contributed by atoms with E-state index in [1.165, 1.54) is 5.56 Å². The quantitative estimate of drug-likeness (QED) is 0.681. The number of rotatable bonds is 6. The SMILES string of the molecule is CCOc1cc2c(cc1OCC)CN(C(=O)Cc1ccc(Cl)c(Cl)c1)CC2. The molecular weight excluding hydrogens is 385 g/mol. The van der Waals surface area contributed by atoms with Gasteiger partial charge in [-0.1, -0.05) is 29.3 Å². The van der Waals surface area contributed by atoms with Crippen LogP contribution in [0.4, 0.5) is 0 Å². The van der Waals surface area contributed by atoms with Crippen LogP contribution in [0.5, 0.6) is 11.5 Å². The lowest BCUT2D eigenvalue weighted by atomic mass is 9.98. The van der Waals surface area contributed by atoms with Gasteiger partial charge in [-0.25, -0.2) is 0 Å². The summed E-state index contributed by atoms with van der Waals surface area (Å²) in [5.74, 6) is 1.58. The van der Waals surface area contributed by atoms with Gasteiger partial charge in [-0.3, -0.25) is 4.79 Å². The number of halogens is 2. The molecule has 27 heavy (non-hydrogen) atoms. The van der Waals surface area contributed by atoms with Crippen molar-refractivity contribution >= 4 is 29.1 Å². The van der Waals surface area contributed by atoms with Crippen LogP contribution >= 0.6 is 23.2 Å². The number of nitrogens with zero attached hydrogens (tertiary/aromatic N) is 1. The Morgan fingerprint density at radius 2 is 1.67 bits per heavy atom. The van der Waals surface area contributed by atoms with E-state index in [0.29, 0.717) is 42.8 Å². The van der Waals surface area contributed by atoms with Gasteiger partial charge >= 0.3 is 0 Å². The lowest BCUT2D eigenvalue weighted by Crippen LogP contribution is -2.37. The zero-order valence-corrected chi connectivity index (χ0v) is 17.1. The molecule has 6 heteroatoms. The molecule has 0 saturated heterocycles. The van der Waals surface area contributed by atoms with Crippen LogP contribution in [0.1, 0.15) is 30.5 Å². The standard InChI is InChI=1S/C21H23Cl2NO3/c1-3-26-19-11-15-7-8-24(13-16(15)12-20(19)27-4-2)21(25)10-14-5-6-17(22)18(23)9-14/h5-6,9,11-12H,3-4,7-8,10,13H2,1-2H3. The Bertz CT molecular complexity index is 838. The predicted octanol–water partition coefficient (Wildman–Crippen LogP) is 4.92. The summed E-state index contributed by atoms with van der Waals surface area (Å²) in [7, 11) is 0. The third-order valence-electron chi connectivity index (χ3n) is 4.57. The Balaban J connectivity index is 1.75. The monoisotopic (exact) mass is 407 g/mol. The molecule has 1 heterocycles. The van der Waals surface area contributed by atoms with Crippen LogP contribution in [0, 0.1) is 0 Å². The molecule has 0 N–H and O–H groups in total. The second-order valence-electron chi connectivity index (χ2n) is 6.42. The molecule has 4 nitrogen and oxygen atoms in total. The smallest absolute Gasteiger partial charge is 0.227 e. The maximum Gasteiger partial charge on any atom is 0.227 e. The van der Waals surface area contributed by atoms with E-state index in [2.05, 4.69) is 0 Å². The summed E-state index contributed by atoms with van der Waals surface area (Å²) in [6, 6.07) is 9.36. The minimum absolute atomic E-state index is 0.0749. The van der Waals surface area contributed by atoms with Gasteiger partial charge in [-0.15, -0.1) is 0 Å². The van der Waals surface area contributed by atoms with Crippen molar-refractivity contribution in [2.75, 3.05) is 19.8 Å². The largest absolute Gasteiger partial charge is 0.490 e. The zero-order chi connectivity index (χ0) is 19.4. The highest BCUT2D eigenvalue weighted by molar-refractivity contribution is 6.42. The van der Waals surface area contributed by atoms with E-state index >= 15 is 0 Å². The van der Waals surface area contributed by atoms with Crippen molar-refractivity contribution in [3.8, 4) is 11.5 Å². The minimum atomic E-state index is 0.0749. The molecule has 0 fully saturated rings. The maximum absolute atomic E-state index is 12.7. The van der Waals surface area contributed by atoms with Gasteiger partial charge in [0.25, 0.3) is 0 Å². The summed E-state index contributed by atoms with van der Waals surface area (Å²) < 4.78 is 11.4. The van der Waals surface area contributed by atoms with E-state index in [1.807, 2.05) is 36.9 Å². The summed E-state index contributed by atoms with van der Waals surface area (Å²) in [6.07, 6.45) is 1.11. The number of amides is 1. The molecule has 0 bridgehead atoms. The summed E-state index contributed by atoms with van der Waals surface area (Å²) in [4.78, 5) is 14.6.